The number of carbonyl (C=O) groups is 3. The van der Waals surface area contributed by atoms with Crippen molar-refractivity contribution in [3.05, 3.63) is 0 Å². The lowest BCUT2D eigenvalue weighted by atomic mass is 10.1. The number of aliphatic carboxylic acids is 1. The zero-order valence-corrected chi connectivity index (χ0v) is 13.9. The lowest BCUT2D eigenvalue weighted by Crippen LogP contribution is -2.49. The number of hydrogen-bond donors (Lipinski definition) is 6. The number of carboxylic acids is 1. The maximum atomic E-state index is 11.8. The van der Waals surface area contributed by atoms with E-state index in [4.69, 9.17) is 10.8 Å². The van der Waals surface area contributed by atoms with Gasteiger partial charge in [-0.2, -0.15) is 0 Å². The van der Waals surface area contributed by atoms with Gasteiger partial charge in [-0.25, -0.2) is 0 Å². The normalized spacial score (nSPS) is 13.2. The molecule has 0 fully saturated rings. The summed E-state index contributed by atoms with van der Waals surface area (Å²) in [5, 5.41) is 19.8. The van der Waals surface area contributed by atoms with Gasteiger partial charge in [0, 0.05) is 26.1 Å². The molecule has 0 rings (SSSR count). The Bertz CT molecular complexity index is 378. The van der Waals surface area contributed by atoms with E-state index in [-0.39, 0.29) is 31.2 Å². The molecule has 0 aromatic rings. The summed E-state index contributed by atoms with van der Waals surface area (Å²) in [4.78, 5) is 34.1. The second kappa shape index (κ2) is 12.8. The van der Waals surface area contributed by atoms with Crippen LogP contribution in [0.3, 0.4) is 0 Å². The molecule has 0 spiro atoms. The van der Waals surface area contributed by atoms with E-state index in [1.54, 1.807) is 7.05 Å². The summed E-state index contributed by atoms with van der Waals surface area (Å²) in [7, 11) is 1.61. The van der Waals surface area contributed by atoms with E-state index in [0.29, 0.717) is 26.1 Å². The molecular formula is C14H29N5O4. The van der Waals surface area contributed by atoms with Crippen molar-refractivity contribution in [2.45, 2.75) is 38.3 Å². The molecule has 134 valence electrons. The van der Waals surface area contributed by atoms with Crippen LogP contribution >= 0.6 is 0 Å². The van der Waals surface area contributed by atoms with Crippen molar-refractivity contribution >= 4 is 17.8 Å². The highest BCUT2D eigenvalue weighted by molar-refractivity contribution is 5.82. The molecule has 0 aromatic heterocycles. The number of carboxylic acid groups (broad SMARTS) is 1. The lowest BCUT2D eigenvalue weighted by Gasteiger charge is -2.16. The molecule has 23 heavy (non-hydrogen) atoms. The average Bonchev–Trinajstić information content (AvgIpc) is 2.52. The molecule has 0 aromatic carbocycles. The Morgan fingerprint density at radius 3 is 2.09 bits per heavy atom. The monoisotopic (exact) mass is 331 g/mol. The molecule has 0 saturated carbocycles. The van der Waals surface area contributed by atoms with Crippen LogP contribution < -0.4 is 27.0 Å². The third-order valence-electron chi connectivity index (χ3n) is 3.27. The number of nitrogens with two attached hydrogens (primary N) is 1. The van der Waals surface area contributed by atoms with Gasteiger partial charge in [-0.3, -0.25) is 14.4 Å². The molecule has 0 unspecified atom stereocenters. The molecule has 9 nitrogen and oxygen atoms in total. The van der Waals surface area contributed by atoms with Gasteiger partial charge < -0.3 is 32.1 Å². The quantitative estimate of drug-likeness (QED) is 0.214. The summed E-state index contributed by atoms with van der Waals surface area (Å²) in [5.41, 5.74) is 5.50. The van der Waals surface area contributed by atoms with E-state index in [9.17, 15) is 14.4 Å². The van der Waals surface area contributed by atoms with Gasteiger partial charge in [0.05, 0.1) is 12.1 Å². The summed E-state index contributed by atoms with van der Waals surface area (Å²) in [5.74, 6) is -1.33. The number of likely N-dealkylation sites (N-methyl/N-ethyl adjacent to an activating group) is 2. The summed E-state index contributed by atoms with van der Waals surface area (Å²) in [6.07, 6.45) is 0.741. The Balaban J connectivity index is 3.90. The van der Waals surface area contributed by atoms with Gasteiger partial charge in [-0.1, -0.05) is 6.92 Å². The van der Waals surface area contributed by atoms with Crippen molar-refractivity contribution in [3.8, 4) is 0 Å². The first-order valence-electron chi connectivity index (χ1n) is 7.84. The van der Waals surface area contributed by atoms with E-state index < -0.39 is 18.1 Å². The number of hydrogen-bond acceptors (Lipinski definition) is 6. The van der Waals surface area contributed by atoms with Gasteiger partial charge in [-0.05, 0) is 26.4 Å². The fourth-order valence-corrected chi connectivity index (χ4v) is 1.96. The molecule has 0 aliphatic heterocycles. The SMILES string of the molecule is CCN[C@@H](CN)C(=O)NCCCNC(=O)[C@H](CCC(=O)O)NC. The van der Waals surface area contributed by atoms with Gasteiger partial charge in [0.15, 0.2) is 0 Å². The maximum absolute atomic E-state index is 11.8. The fraction of sp³-hybridized carbons (Fsp3) is 0.786. The Morgan fingerprint density at radius 2 is 1.65 bits per heavy atom. The van der Waals surface area contributed by atoms with Gasteiger partial charge in [0.2, 0.25) is 11.8 Å². The molecule has 0 aliphatic carbocycles. The standard InChI is InChI=1S/C14H29N5O4/c1-3-17-11(9-15)14(23)19-8-4-7-18-13(22)10(16-2)5-6-12(20)21/h10-11,16-17H,3-9,15H2,1-2H3,(H,18,22)(H,19,23)(H,20,21)/t10-,11-/m0/s1. The van der Waals surface area contributed by atoms with E-state index in [0.717, 1.165) is 0 Å². The van der Waals surface area contributed by atoms with E-state index in [1.807, 2.05) is 6.92 Å². The highest BCUT2D eigenvalue weighted by atomic mass is 16.4. The summed E-state index contributed by atoms with van der Waals surface area (Å²) >= 11 is 0. The Morgan fingerprint density at radius 1 is 1.09 bits per heavy atom. The van der Waals surface area contributed by atoms with E-state index in [2.05, 4.69) is 21.3 Å². The largest absolute Gasteiger partial charge is 0.481 e. The van der Waals surface area contributed by atoms with Crippen molar-refractivity contribution in [1.29, 1.82) is 0 Å². The molecule has 0 bridgehead atoms. The Kier molecular flexibility index (Phi) is 11.8. The van der Waals surface area contributed by atoms with Crippen LogP contribution in [0.5, 0.6) is 0 Å². The molecular weight excluding hydrogens is 302 g/mol. The minimum atomic E-state index is -0.934. The number of nitrogens with one attached hydrogen (secondary N) is 4. The minimum absolute atomic E-state index is 0.0696. The molecule has 0 saturated heterocycles. The van der Waals surface area contributed by atoms with Gasteiger partial charge in [-0.15, -0.1) is 0 Å². The molecule has 2 atom stereocenters. The maximum Gasteiger partial charge on any atom is 0.303 e. The molecule has 9 heteroatoms. The summed E-state index contributed by atoms with van der Waals surface area (Å²) in [6.45, 7) is 3.62. The van der Waals surface area contributed by atoms with Crippen molar-refractivity contribution in [3.63, 3.8) is 0 Å². The topological polar surface area (TPSA) is 146 Å². The zero-order valence-electron chi connectivity index (χ0n) is 13.9. The molecule has 0 heterocycles. The van der Waals surface area contributed by atoms with Crippen LogP contribution in [0.2, 0.25) is 0 Å². The smallest absolute Gasteiger partial charge is 0.303 e. The molecule has 0 aliphatic rings. The predicted octanol–water partition coefficient (Wildman–Crippen LogP) is -2.00. The van der Waals surface area contributed by atoms with Crippen LogP contribution in [-0.2, 0) is 14.4 Å². The van der Waals surface area contributed by atoms with Gasteiger partial charge >= 0.3 is 5.97 Å². The third-order valence-corrected chi connectivity index (χ3v) is 3.27. The first-order valence-corrected chi connectivity index (χ1v) is 7.84. The van der Waals surface area contributed by atoms with Crippen LogP contribution in [0.25, 0.3) is 0 Å². The molecule has 0 radical (unpaired) electrons. The zero-order chi connectivity index (χ0) is 17.7. The first-order chi connectivity index (χ1) is 11.0. The number of rotatable bonds is 13. The molecule has 2 amide bonds. The lowest BCUT2D eigenvalue weighted by molar-refractivity contribution is -0.137. The van der Waals surface area contributed by atoms with Crippen molar-refractivity contribution < 1.29 is 19.5 Å². The van der Waals surface area contributed by atoms with E-state index in [1.165, 1.54) is 0 Å². The highest BCUT2D eigenvalue weighted by Gasteiger charge is 2.17. The molecule has 7 N–H and O–H groups in total. The second-order valence-electron chi connectivity index (χ2n) is 5.06. The minimum Gasteiger partial charge on any atom is -0.481 e. The second-order valence-corrected chi connectivity index (χ2v) is 5.06. The third kappa shape index (κ3) is 9.82. The average molecular weight is 331 g/mol. The van der Waals surface area contributed by atoms with Crippen LogP contribution in [0, 0.1) is 0 Å². The Hall–Kier alpha value is -1.71. The van der Waals surface area contributed by atoms with Crippen LogP contribution in [0.1, 0.15) is 26.2 Å². The van der Waals surface area contributed by atoms with Crippen molar-refractivity contribution in [2.24, 2.45) is 5.73 Å². The number of amides is 2. The van der Waals surface area contributed by atoms with Gasteiger partial charge in [0.25, 0.3) is 0 Å². The highest BCUT2D eigenvalue weighted by Crippen LogP contribution is 1.97. The summed E-state index contributed by atoms with van der Waals surface area (Å²) < 4.78 is 0. The van der Waals surface area contributed by atoms with Crippen LogP contribution in [0.4, 0.5) is 0 Å². The van der Waals surface area contributed by atoms with E-state index >= 15 is 0 Å². The van der Waals surface area contributed by atoms with Crippen molar-refractivity contribution in [2.75, 3.05) is 33.2 Å². The fourth-order valence-electron chi connectivity index (χ4n) is 1.96. The summed E-state index contributed by atoms with van der Waals surface area (Å²) in [6, 6.07) is -0.935. The first kappa shape index (κ1) is 21.3. The predicted molar refractivity (Wildman–Crippen MR) is 86.9 cm³/mol. The van der Waals surface area contributed by atoms with Crippen LogP contribution in [0.15, 0.2) is 0 Å². The van der Waals surface area contributed by atoms with Gasteiger partial charge in [0.1, 0.15) is 0 Å². The van der Waals surface area contributed by atoms with Crippen molar-refractivity contribution in [1.82, 2.24) is 21.3 Å². The van der Waals surface area contributed by atoms with Crippen LogP contribution in [-0.4, -0.2) is 68.2 Å². The number of carbonyl (C=O) groups excluding carboxylic acids is 2. The Labute approximate surface area is 136 Å².